The van der Waals surface area contributed by atoms with Crippen molar-refractivity contribution >= 4 is 6.01 Å². The normalized spacial score (nSPS) is 30.0. The molecule has 2 saturated carbocycles. The number of hydrogen-bond acceptors (Lipinski definition) is 5. The molecule has 2 bridgehead atoms. The van der Waals surface area contributed by atoms with Crippen molar-refractivity contribution in [3.05, 3.63) is 5.89 Å². The number of fused-ring (bicyclic) bond motifs is 2. The number of hydrogen-bond donors (Lipinski definition) is 1. The van der Waals surface area contributed by atoms with Crippen LogP contribution in [0.5, 0.6) is 0 Å². The summed E-state index contributed by atoms with van der Waals surface area (Å²) in [5.74, 6) is 3.39. The van der Waals surface area contributed by atoms with Gasteiger partial charge in [-0.05, 0) is 37.0 Å². The van der Waals surface area contributed by atoms with Crippen molar-refractivity contribution in [2.24, 2.45) is 23.5 Å². The molecule has 0 spiro atoms. The fourth-order valence-corrected chi connectivity index (χ4v) is 3.65. The lowest BCUT2D eigenvalue weighted by molar-refractivity contribution is 0.332. The standard InChI is InChI=1S/C13H22N4O/c1-17(13-16-15-12(18-13)4-5-14)8-11-7-9-2-3-10(11)6-9/h9-11H,2-8,14H2,1H3. The molecule has 5 heteroatoms. The minimum Gasteiger partial charge on any atom is -0.408 e. The van der Waals surface area contributed by atoms with Crippen LogP contribution in [0.1, 0.15) is 31.6 Å². The van der Waals surface area contributed by atoms with Crippen molar-refractivity contribution in [1.29, 1.82) is 0 Å². The number of nitrogens with two attached hydrogens (primary N) is 1. The molecule has 5 nitrogen and oxygen atoms in total. The Balaban J connectivity index is 1.58. The van der Waals surface area contributed by atoms with Crippen molar-refractivity contribution in [3.8, 4) is 0 Å². The summed E-state index contributed by atoms with van der Waals surface area (Å²) in [7, 11) is 2.05. The molecule has 18 heavy (non-hydrogen) atoms. The van der Waals surface area contributed by atoms with Crippen LogP contribution < -0.4 is 10.6 Å². The molecule has 2 N–H and O–H groups in total. The van der Waals surface area contributed by atoms with Crippen LogP contribution in [0.15, 0.2) is 4.42 Å². The Hall–Kier alpha value is -1.10. The van der Waals surface area contributed by atoms with Crippen LogP contribution in [-0.4, -0.2) is 30.3 Å². The number of aromatic nitrogens is 2. The van der Waals surface area contributed by atoms with Gasteiger partial charge in [-0.3, -0.25) is 0 Å². The summed E-state index contributed by atoms with van der Waals surface area (Å²) in [6.07, 6.45) is 6.37. The van der Waals surface area contributed by atoms with Gasteiger partial charge in [-0.2, -0.15) is 0 Å². The lowest BCUT2D eigenvalue weighted by Crippen LogP contribution is -2.28. The molecular formula is C13H22N4O. The van der Waals surface area contributed by atoms with Crippen LogP contribution in [-0.2, 0) is 6.42 Å². The fourth-order valence-electron chi connectivity index (χ4n) is 3.65. The first-order valence-electron chi connectivity index (χ1n) is 7.00. The molecule has 0 amide bonds. The Morgan fingerprint density at radius 1 is 1.33 bits per heavy atom. The van der Waals surface area contributed by atoms with Gasteiger partial charge in [-0.15, -0.1) is 5.10 Å². The summed E-state index contributed by atoms with van der Waals surface area (Å²) in [5.41, 5.74) is 5.48. The maximum atomic E-state index is 5.60. The van der Waals surface area contributed by atoms with Crippen molar-refractivity contribution in [2.45, 2.75) is 32.1 Å². The largest absolute Gasteiger partial charge is 0.408 e. The summed E-state index contributed by atoms with van der Waals surface area (Å²) in [6.45, 7) is 1.60. The molecule has 3 atom stereocenters. The summed E-state index contributed by atoms with van der Waals surface area (Å²) < 4.78 is 5.60. The van der Waals surface area contributed by atoms with Crippen LogP contribution >= 0.6 is 0 Å². The molecule has 3 rings (SSSR count). The minimum absolute atomic E-state index is 0.553. The van der Waals surface area contributed by atoms with E-state index in [0.717, 1.165) is 24.3 Å². The van der Waals surface area contributed by atoms with Gasteiger partial charge in [0.05, 0.1) is 0 Å². The zero-order valence-corrected chi connectivity index (χ0v) is 11.0. The van der Waals surface area contributed by atoms with Gasteiger partial charge in [0.1, 0.15) is 0 Å². The Morgan fingerprint density at radius 2 is 2.22 bits per heavy atom. The Bertz CT molecular complexity index is 405. The van der Waals surface area contributed by atoms with E-state index in [4.69, 9.17) is 10.2 Å². The fraction of sp³-hybridized carbons (Fsp3) is 0.846. The summed E-state index contributed by atoms with van der Waals surface area (Å²) >= 11 is 0. The highest BCUT2D eigenvalue weighted by Crippen LogP contribution is 2.48. The van der Waals surface area contributed by atoms with E-state index in [-0.39, 0.29) is 0 Å². The van der Waals surface area contributed by atoms with E-state index in [1.807, 2.05) is 7.05 Å². The predicted molar refractivity (Wildman–Crippen MR) is 69.3 cm³/mol. The van der Waals surface area contributed by atoms with Gasteiger partial charge < -0.3 is 15.1 Å². The third kappa shape index (κ3) is 2.23. The van der Waals surface area contributed by atoms with Gasteiger partial charge in [0.2, 0.25) is 5.89 Å². The number of anilines is 1. The maximum Gasteiger partial charge on any atom is 0.317 e. The van der Waals surface area contributed by atoms with Crippen molar-refractivity contribution in [2.75, 3.05) is 25.0 Å². The maximum absolute atomic E-state index is 5.60. The average Bonchev–Trinajstić information content (AvgIpc) is 3.04. The molecule has 100 valence electrons. The molecule has 2 fully saturated rings. The first-order chi connectivity index (χ1) is 8.76. The van der Waals surface area contributed by atoms with E-state index in [0.29, 0.717) is 24.9 Å². The molecule has 1 aromatic rings. The molecule has 2 aliphatic rings. The second kappa shape index (κ2) is 4.88. The zero-order valence-electron chi connectivity index (χ0n) is 11.0. The highest BCUT2D eigenvalue weighted by Gasteiger charge is 2.40. The Morgan fingerprint density at radius 3 is 2.89 bits per heavy atom. The topological polar surface area (TPSA) is 68.2 Å². The van der Waals surface area contributed by atoms with E-state index in [2.05, 4.69) is 15.1 Å². The second-order valence-electron chi connectivity index (χ2n) is 5.83. The zero-order chi connectivity index (χ0) is 12.5. The molecule has 2 aliphatic carbocycles. The van der Waals surface area contributed by atoms with E-state index in [1.165, 1.54) is 25.7 Å². The Kier molecular flexibility index (Phi) is 3.24. The molecule has 1 heterocycles. The molecule has 0 saturated heterocycles. The van der Waals surface area contributed by atoms with E-state index in [1.54, 1.807) is 0 Å². The first-order valence-corrected chi connectivity index (χ1v) is 7.00. The monoisotopic (exact) mass is 250 g/mol. The molecule has 1 aromatic heterocycles. The summed E-state index contributed by atoms with van der Waals surface area (Å²) in [4.78, 5) is 2.11. The number of nitrogens with zero attached hydrogens (tertiary/aromatic N) is 3. The molecule has 0 radical (unpaired) electrons. The van der Waals surface area contributed by atoms with Gasteiger partial charge in [-0.25, -0.2) is 0 Å². The molecular weight excluding hydrogens is 228 g/mol. The van der Waals surface area contributed by atoms with Gasteiger partial charge in [0.25, 0.3) is 0 Å². The van der Waals surface area contributed by atoms with E-state index >= 15 is 0 Å². The van der Waals surface area contributed by atoms with Crippen LogP contribution in [0, 0.1) is 17.8 Å². The van der Waals surface area contributed by atoms with Gasteiger partial charge in [-0.1, -0.05) is 11.5 Å². The lowest BCUT2D eigenvalue weighted by atomic mass is 9.88. The summed E-state index contributed by atoms with van der Waals surface area (Å²) in [6, 6.07) is 0.640. The third-order valence-corrected chi connectivity index (χ3v) is 4.53. The van der Waals surface area contributed by atoms with E-state index < -0.39 is 0 Å². The average molecular weight is 250 g/mol. The highest BCUT2D eigenvalue weighted by atomic mass is 16.4. The van der Waals surface area contributed by atoms with Crippen LogP contribution in [0.4, 0.5) is 6.01 Å². The third-order valence-electron chi connectivity index (χ3n) is 4.53. The van der Waals surface area contributed by atoms with E-state index in [9.17, 15) is 0 Å². The van der Waals surface area contributed by atoms with Gasteiger partial charge in [0, 0.05) is 26.6 Å². The van der Waals surface area contributed by atoms with Gasteiger partial charge in [0.15, 0.2) is 0 Å². The predicted octanol–water partition coefficient (Wildman–Crippen LogP) is 1.44. The first kappa shape index (κ1) is 12.0. The molecule has 3 unspecified atom stereocenters. The highest BCUT2D eigenvalue weighted by molar-refractivity contribution is 5.22. The van der Waals surface area contributed by atoms with Crippen LogP contribution in [0.2, 0.25) is 0 Å². The minimum atomic E-state index is 0.553. The van der Waals surface area contributed by atoms with Crippen LogP contribution in [0.3, 0.4) is 0 Å². The van der Waals surface area contributed by atoms with Crippen LogP contribution in [0.25, 0.3) is 0 Å². The van der Waals surface area contributed by atoms with Crippen molar-refractivity contribution in [1.82, 2.24) is 10.2 Å². The number of rotatable bonds is 5. The van der Waals surface area contributed by atoms with Gasteiger partial charge >= 0.3 is 6.01 Å². The molecule has 0 aliphatic heterocycles. The Labute approximate surface area is 108 Å². The van der Waals surface area contributed by atoms with Crippen molar-refractivity contribution in [3.63, 3.8) is 0 Å². The summed E-state index contributed by atoms with van der Waals surface area (Å²) in [5, 5.41) is 8.10. The lowest BCUT2D eigenvalue weighted by Gasteiger charge is -2.25. The molecule has 0 aromatic carbocycles. The quantitative estimate of drug-likeness (QED) is 0.856. The second-order valence-corrected chi connectivity index (χ2v) is 5.83. The smallest absolute Gasteiger partial charge is 0.317 e. The van der Waals surface area contributed by atoms with Crippen molar-refractivity contribution < 1.29 is 4.42 Å². The SMILES string of the molecule is CN(CC1CC2CCC1C2)c1nnc(CCN)o1.